The lowest BCUT2D eigenvalue weighted by Gasteiger charge is -2.19. The number of likely N-dealkylation sites (tertiary alicyclic amines) is 1. The van der Waals surface area contributed by atoms with E-state index in [1.165, 1.54) is 12.8 Å². The van der Waals surface area contributed by atoms with Gasteiger partial charge in [0.05, 0.1) is 13.0 Å². The number of nitrogens with zero attached hydrogens (tertiary/aromatic N) is 4. The number of carbonyl (C=O) groups is 1. The molecule has 6 heteroatoms. The molecule has 0 amide bonds. The summed E-state index contributed by atoms with van der Waals surface area (Å²) in [5, 5.41) is 12.3. The SMILES string of the molecule is Cc1nnc(-c2ccc3cnc(CC(=O)CN4CCC[C@@H]4C)cc3c2)s1. The maximum atomic E-state index is 12.4. The highest BCUT2D eigenvalue weighted by Crippen LogP contribution is 2.27. The Morgan fingerprint density at radius 2 is 2.15 bits per heavy atom. The van der Waals surface area contributed by atoms with Crippen molar-refractivity contribution in [3.05, 3.63) is 41.2 Å². The van der Waals surface area contributed by atoms with Gasteiger partial charge in [-0.1, -0.05) is 23.5 Å². The van der Waals surface area contributed by atoms with Crippen molar-refractivity contribution in [2.24, 2.45) is 0 Å². The van der Waals surface area contributed by atoms with Gasteiger partial charge in [-0.15, -0.1) is 10.2 Å². The van der Waals surface area contributed by atoms with E-state index in [4.69, 9.17) is 0 Å². The molecule has 0 N–H and O–H groups in total. The fourth-order valence-corrected chi connectivity index (χ4v) is 4.23. The lowest BCUT2D eigenvalue weighted by Crippen LogP contribution is -2.33. The number of hydrogen-bond donors (Lipinski definition) is 0. The second kappa shape index (κ2) is 7.21. The van der Waals surface area contributed by atoms with Crippen LogP contribution in [0.5, 0.6) is 0 Å². The number of fused-ring (bicyclic) bond motifs is 1. The summed E-state index contributed by atoms with van der Waals surface area (Å²) in [6.07, 6.45) is 4.62. The maximum absolute atomic E-state index is 12.4. The number of rotatable bonds is 5. The van der Waals surface area contributed by atoms with Crippen LogP contribution in [0.4, 0.5) is 0 Å². The molecule has 0 aliphatic carbocycles. The van der Waals surface area contributed by atoms with E-state index < -0.39 is 0 Å². The number of benzene rings is 1. The van der Waals surface area contributed by atoms with Gasteiger partial charge < -0.3 is 0 Å². The van der Waals surface area contributed by atoms with Gasteiger partial charge in [-0.05, 0) is 50.8 Å². The van der Waals surface area contributed by atoms with Crippen LogP contribution in [0, 0.1) is 6.92 Å². The summed E-state index contributed by atoms with van der Waals surface area (Å²) >= 11 is 1.58. The van der Waals surface area contributed by atoms with Crippen molar-refractivity contribution >= 4 is 27.9 Å². The van der Waals surface area contributed by atoms with Gasteiger partial charge in [-0.3, -0.25) is 14.7 Å². The van der Waals surface area contributed by atoms with Gasteiger partial charge in [0.15, 0.2) is 5.78 Å². The summed E-state index contributed by atoms with van der Waals surface area (Å²) in [5.41, 5.74) is 1.89. The van der Waals surface area contributed by atoms with E-state index in [0.717, 1.165) is 38.6 Å². The second-order valence-electron chi connectivity index (χ2n) is 7.04. The van der Waals surface area contributed by atoms with Gasteiger partial charge in [0.25, 0.3) is 0 Å². The first-order chi connectivity index (χ1) is 12.6. The second-order valence-corrected chi connectivity index (χ2v) is 8.22. The van der Waals surface area contributed by atoms with Crippen molar-refractivity contribution in [1.82, 2.24) is 20.1 Å². The fraction of sp³-hybridized carbons (Fsp3) is 0.400. The van der Waals surface area contributed by atoms with Crippen LogP contribution in [0.2, 0.25) is 0 Å². The normalized spacial score (nSPS) is 17.8. The van der Waals surface area contributed by atoms with Crippen molar-refractivity contribution in [2.45, 2.75) is 39.2 Å². The van der Waals surface area contributed by atoms with Gasteiger partial charge in [-0.2, -0.15) is 0 Å². The third-order valence-corrected chi connectivity index (χ3v) is 5.89. The van der Waals surface area contributed by atoms with Crippen LogP contribution >= 0.6 is 11.3 Å². The summed E-state index contributed by atoms with van der Waals surface area (Å²) in [7, 11) is 0. The van der Waals surface area contributed by atoms with Gasteiger partial charge in [0.1, 0.15) is 10.0 Å². The molecule has 26 heavy (non-hydrogen) atoms. The zero-order chi connectivity index (χ0) is 18.1. The van der Waals surface area contributed by atoms with Gasteiger partial charge >= 0.3 is 0 Å². The highest BCUT2D eigenvalue weighted by atomic mass is 32.1. The molecule has 3 aromatic rings. The summed E-state index contributed by atoms with van der Waals surface area (Å²) in [6, 6.07) is 8.74. The Labute approximate surface area is 157 Å². The first kappa shape index (κ1) is 17.2. The topological polar surface area (TPSA) is 59.0 Å². The first-order valence-electron chi connectivity index (χ1n) is 9.03. The van der Waals surface area contributed by atoms with Gasteiger partial charge in [0, 0.05) is 28.9 Å². The molecule has 2 aromatic heterocycles. The highest BCUT2D eigenvalue weighted by molar-refractivity contribution is 7.14. The van der Waals surface area contributed by atoms with E-state index in [0.29, 0.717) is 19.0 Å². The van der Waals surface area contributed by atoms with E-state index in [-0.39, 0.29) is 5.78 Å². The molecule has 0 radical (unpaired) electrons. The summed E-state index contributed by atoms with van der Waals surface area (Å²) < 4.78 is 0. The molecule has 0 saturated carbocycles. The lowest BCUT2D eigenvalue weighted by atomic mass is 10.1. The van der Waals surface area contributed by atoms with Crippen LogP contribution in [-0.2, 0) is 11.2 Å². The minimum atomic E-state index is 0.238. The van der Waals surface area contributed by atoms with Crippen molar-refractivity contribution in [1.29, 1.82) is 0 Å². The summed E-state index contributed by atoms with van der Waals surface area (Å²) in [6.45, 7) is 5.72. The van der Waals surface area contributed by atoms with Crippen molar-refractivity contribution < 1.29 is 4.79 Å². The van der Waals surface area contributed by atoms with Crippen molar-refractivity contribution in [3.8, 4) is 10.6 Å². The Hall–Kier alpha value is -2.18. The van der Waals surface area contributed by atoms with Gasteiger partial charge in [0.2, 0.25) is 0 Å². The smallest absolute Gasteiger partial charge is 0.152 e. The predicted molar refractivity (Wildman–Crippen MR) is 104 cm³/mol. The van der Waals surface area contributed by atoms with Crippen LogP contribution in [0.1, 0.15) is 30.5 Å². The summed E-state index contributed by atoms with van der Waals surface area (Å²) in [5.74, 6) is 0.238. The molecule has 5 nitrogen and oxygen atoms in total. The van der Waals surface area contributed by atoms with Crippen molar-refractivity contribution in [3.63, 3.8) is 0 Å². The number of carbonyl (C=O) groups excluding carboxylic acids is 1. The van der Waals surface area contributed by atoms with E-state index >= 15 is 0 Å². The average molecular weight is 366 g/mol. The minimum Gasteiger partial charge on any atom is -0.298 e. The zero-order valence-electron chi connectivity index (χ0n) is 15.1. The van der Waals surface area contributed by atoms with Crippen LogP contribution in [0.25, 0.3) is 21.3 Å². The van der Waals surface area contributed by atoms with Crippen LogP contribution in [0.3, 0.4) is 0 Å². The molecule has 4 rings (SSSR count). The molecule has 1 aliphatic rings. The number of Topliss-reactive ketones (excluding diaryl/α,β-unsaturated/α-hetero) is 1. The minimum absolute atomic E-state index is 0.238. The number of pyridine rings is 1. The number of hydrogen-bond acceptors (Lipinski definition) is 6. The van der Waals surface area contributed by atoms with E-state index in [1.807, 2.05) is 31.3 Å². The Balaban J connectivity index is 1.53. The third kappa shape index (κ3) is 3.66. The summed E-state index contributed by atoms with van der Waals surface area (Å²) in [4.78, 5) is 19.2. The molecule has 1 aliphatic heterocycles. The lowest BCUT2D eigenvalue weighted by molar-refractivity contribution is -0.119. The largest absolute Gasteiger partial charge is 0.298 e. The van der Waals surface area contributed by atoms with Gasteiger partial charge in [-0.25, -0.2) is 0 Å². The van der Waals surface area contributed by atoms with Crippen LogP contribution in [-0.4, -0.2) is 45.0 Å². The fourth-order valence-electron chi connectivity index (χ4n) is 3.54. The molecular weight excluding hydrogens is 344 g/mol. The quantitative estimate of drug-likeness (QED) is 0.690. The maximum Gasteiger partial charge on any atom is 0.152 e. The molecule has 0 spiro atoms. The van der Waals surface area contributed by atoms with Crippen LogP contribution < -0.4 is 0 Å². The van der Waals surface area contributed by atoms with E-state index in [2.05, 4.69) is 33.1 Å². The molecule has 134 valence electrons. The first-order valence-corrected chi connectivity index (χ1v) is 9.85. The standard InChI is InChI=1S/C20H22N4OS/c1-13-4-3-7-24(13)12-19(25)10-18-9-17-8-15(5-6-16(17)11-21-18)20-23-22-14(2)26-20/h5-6,8-9,11,13H,3-4,7,10,12H2,1-2H3/t13-/m0/s1. The van der Waals surface area contributed by atoms with E-state index in [1.54, 1.807) is 11.3 Å². The third-order valence-electron chi connectivity index (χ3n) is 5.00. The predicted octanol–water partition coefficient (Wildman–Crippen LogP) is 3.66. The van der Waals surface area contributed by atoms with Crippen LogP contribution in [0.15, 0.2) is 30.5 Å². The van der Waals surface area contributed by atoms with E-state index in [9.17, 15) is 4.79 Å². The molecule has 0 bridgehead atoms. The number of ketones is 1. The Bertz CT molecular complexity index is 952. The molecule has 0 unspecified atom stereocenters. The molecular formula is C20H22N4OS. The number of aryl methyl sites for hydroxylation is 1. The average Bonchev–Trinajstić information content (AvgIpc) is 3.23. The Morgan fingerprint density at radius 3 is 2.88 bits per heavy atom. The zero-order valence-corrected chi connectivity index (χ0v) is 15.9. The monoisotopic (exact) mass is 366 g/mol. The molecule has 3 heterocycles. The highest BCUT2D eigenvalue weighted by Gasteiger charge is 2.22. The Morgan fingerprint density at radius 1 is 1.27 bits per heavy atom. The molecule has 1 atom stereocenters. The molecule has 1 saturated heterocycles. The molecule has 1 aromatic carbocycles. The molecule has 1 fully saturated rings. The Kier molecular flexibility index (Phi) is 4.78. The van der Waals surface area contributed by atoms with Crippen molar-refractivity contribution in [2.75, 3.05) is 13.1 Å². The number of aromatic nitrogens is 3.